The Morgan fingerprint density at radius 3 is 2.44 bits per heavy atom. The normalized spacial score (nSPS) is 15.8. The molecule has 0 bridgehead atoms. The van der Waals surface area contributed by atoms with E-state index in [-0.39, 0.29) is 22.5 Å². The Kier molecular flexibility index (Phi) is 7.03. The highest BCUT2D eigenvalue weighted by Crippen LogP contribution is 2.33. The van der Waals surface area contributed by atoms with E-state index in [1.165, 1.54) is 28.5 Å². The van der Waals surface area contributed by atoms with Crippen LogP contribution < -0.4 is 10.5 Å². The fourth-order valence-corrected chi connectivity index (χ4v) is 6.26. The Hall–Kier alpha value is -2.92. The molecule has 0 atom stereocenters. The number of aryl methyl sites for hydroxylation is 1. The van der Waals surface area contributed by atoms with Crippen molar-refractivity contribution in [1.29, 1.82) is 0 Å². The van der Waals surface area contributed by atoms with Crippen LogP contribution in [0.15, 0.2) is 69.4 Å². The van der Waals surface area contributed by atoms with Crippen LogP contribution in [-0.2, 0) is 17.4 Å². The van der Waals surface area contributed by atoms with Gasteiger partial charge in [-0.1, -0.05) is 36.0 Å². The summed E-state index contributed by atoms with van der Waals surface area (Å²) in [5.74, 6) is 0.647. The summed E-state index contributed by atoms with van der Waals surface area (Å²) < 4.78 is 41.2. The number of halogens is 3. The number of thioether (sulfide) groups is 2. The monoisotopic (exact) mass is 532 g/mol. The van der Waals surface area contributed by atoms with E-state index in [1.807, 2.05) is 30.3 Å². The molecular weight excluding hydrogens is 509 g/mol. The highest BCUT2D eigenvalue weighted by Gasteiger charge is 2.31. The van der Waals surface area contributed by atoms with Gasteiger partial charge in [0, 0.05) is 44.0 Å². The van der Waals surface area contributed by atoms with Crippen LogP contribution in [0.5, 0.6) is 0 Å². The predicted octanol–water partition coefficient (Wildman–Crippen LogP) is 4.34. The number of amides is 1. The van der Waals surface area contributed by atoms with Gasteiger partial charge in [0.2, 0.25) is 5.91 Å². The van der Waals surface area contributed by atoms with Gasteiger partial charge in [-0.3, -0.25) is 14.2 Å². The zero-order chi connectivity index (χ0) is 25.3. The van der Waals surface area contributed by atoms with Crippen molar-refractivity contribution in [2.45, 2.75) is 22.6 Å². The van der Waals surface area contributed by atoms with Gasteiger partial charge < -0.3 is 9.80 Å². The third-order valence-corrected chi connectivity index (χ3v) is 8.21. The van der Waals surface area contributed by atoms with E-state index in [4.69, 9.17) is 0 Å². The Morgan fingerprint density at radius 1 is 1.00 bits per heavy atom. The number of nitrogens with zero attached hydrogens (tertiary/aromatic N) is 4. The Bertz CT molecular complexity index is 1320. The van der Waals surface area contributed by atoms with Crippen LogP contribution in [-0.4, -0.2) is 58.0 Å². The fraction of sp³-hybridized carbons (Fsp3) is 0.320. The fourth-order valence-electron chi connectivity index (χ4n) is 4.31. The predicted molar refractivity (Wildman–Crippen MR) is 135 cm³/mol. The van der Waals surface area contributed by atoms with E-state index in [0.717, 1.165) is 29.6 Å². The van der Waals surface area contributed by atoms with Gasteiger partial charge in [0.1, 0.15) is 0 Å². The van der Waals surface area contributed by atoms with Crippen molar-refractivity contribution in [3.8, 4) is 5.69 Å². The molecule has 0 radical (unpaired) electrons. The Balaban J connectivity index is 1.35. The lowest BCUT2D eigenvalue weighted by molar-refractivity contribution is -0.137. The van der Waals surface area contributed by atoms with Crippen molar-refractivity contribution < 1.29 is 18.0 Å². The lowest BCUT2D eigenvalue weighted by Gasteiger charge is -2.36. The van der Waals surface area contributed by atoms with E-state index in [2.05, 4.69) is 9.88 Å². The molecule has 0 spiro atoms. The van der Waals surface area contributed by atoms with Crippen molar-refractivity contribution in [3.63, 3.8) is 0 Å². The van der Waals surface area contributed by atoms with Crippen LogP contribution >= 0.6 is 23.5 Å². The van der Waals surface area contributed by atoms with Gasteiger partial charge in [0.05, 0.1) is 27.6 Å². The van der Waals surface area contributed by atoms with Crippen molar-refractivity contribution in [2.24, 2.45) is 0 Å². The number of carbonyl (C=O) groups is 1. The number of hydrogen-bond donors (Lipinski definition) is 0. The van der Waals surface area contributed by atoms with Gasteiger partial charge in [-0.25, -0.2) is 4.98 Å². The molecule has 2 aromatic carbocycles. The van der Waals surface area contributed by atoms with Crippen molar-refractivity contribution in [3.05, 3.63) is 76.2 Å². The number of carbonyl (C=O) groups excluding carboxylic acids is 1. The average molecular weight is 533 g/mol. The topological polar surface area (TPSA) is 58.4 Å². The molecular formula is C25H23F3N4O2S2. The first-order chi connectivity index (χ1) is 17.3. The summed E-state index contributed by atoms with van der Waals surface area (Å²) in [6.45, 7) is 2.57. The second-order valence-corrected chi connectivity index (χ2v) is 10.5. The number of alkyl halides is 3. The van der Waals surface area contributed by atoms with Gasteiger partial charge in [0.15, 0.2) is 5.16 Å². The second-order valence-electron chi connectivity index (χ2n) is 8.45. The Labute approximate surface area is 214 Å². The number of aromatic nitrogens is 2. The average Bonchev–Trinajstić information content (AvgIpc) is 3.37. The minimum absolute atomic E-state index is 0.0443. The maximum Gasteiger partial charge on any atom is 0.416 e. The summed E-state index contributed by atoms with van der Waals surface area (Å²) >= 11 is 2.45. The van der Waals surface area contributed by atoms with Crippen molar-refractivity contribution >= 4 is 35.1 Å². The van der Waals surface area contributed by atoms with Gasteiger partial charge in [-0.15, -0.1) is 11.8 Å². The molecule has 0 aliphatic carbocycles. The van der Waals surface area contributed by atoms with Crippen LogP contribution in [0.1, 0.15) is 11.3 Å². The van der Waals surface area contributed by atoms with E-state index in [9.17, 15) is 22.8 Å². The molecule has 1 aromatic heterocycles. The largest absolute Gasteiger partial charge is 0.416 e. The standard InChI is InChI=1S/C25H23F3N4O2S2/c26-25(27,28)17-5-4-8-19(15-17)32-23(34)22-20(9-14-35-22)29-24(32)36-16-21(33)31-12-10-30(11-13-31)18-6-2-1-3-7-18/h1-8,15H,9-14,16H2. The number of fused-ring (bicyclic) bond motifs is 1. The molecule has 0 N–H and O–H groups in total. The molecule has 6 nitrogen and oxygen atoms in total. The number of hydrogen-bond acceptors (Lipinski definition) is 6. The first-order valence-electron chi connectivity index (χ1n) is 11.5. The molecule has 11 heteroatoms. The summed E-state index contributed by atoms with van der Waals surface area (Å²) in [5, 5.41) is 0.233. The zero-order valence-corrected chi connectivity index (χ0v) is 20.8. The maximum absolute atomic E-state index is 13.3. The van der Waals surface area contributed by atoms with E-state index in [1.54, 1.807) is 4.90 Å². The SMILES string of the molecule is O=C(CSc1nc2c(c(=O)n1-c1cccc(C(F)(F)F)c1)SCC2)N1CCN(c2ccccc2)CC1. The highest BCUT2D eigenvalue weighted by molar-refractivity contribution is 8.00. The van der Waals surface area contributed by atoms with Gasteiger partial charge >= 0.3 is 6.18 Å². The number of piperazine rings is 1. The maximum atomic E-state index is 13.3. The molecule has 3 aromatic rings. The Morgan fingerprint density at radius 2 is 1.72 bits per heavy atom. The molecule has 1 amide bonds. The number of anilines is 1. The quantitative estimate of drug-likeness (QED) is 0.360. The summed E-state index contributed by atoms with van der Waals surface area (Å²) in [4.78, 5) is 35.3. The van der Waals surface area contributed by atoms with Crippen molar-refractivity contribution in [2.75, 3.05) is 42.6 Å². The lowest BCUT2D eigenvalue weighted by Crippen LogP contribution is -2.49. The van der Waals surface area contributed by atoms with E-state index in [0.29, 0.717) is 48.9 Å². The van der Waals surface area contributed by atoms with Gasteiger partial charge in [-0.05, 0) is 30.3 Å². The molecule has 36 heavy (non-hydrogen) atoms. The molecule has 0 saturated carbocycles. The van der Waals surface area contributed by atoms with E-state index < -0.39 is 17.3 Å². The second kappa shape index (κ2) is 10.2. The van der Waals surface area contributed by atoms with E-state index >= 15 is 0 Å². The van der Waals surface area contributed by atoms with Crippen LogP contribution in [0, 0.1) is 0 Å². The summed E-state index contributed by atoms with van der Waals surface area (Å²) in [7, 11) is 0. The molecule has 5 rings (SSSR count). The summed E-state index contributed by atoms with van der Waals surface area (Å²) in [5.41, 5.74) is 0.601. The smallest absolute Gasteiger partial charge is 0.368 e. The third-order valence-electron chi connectivity index (χ3n) is 6.18. The molecule has 0 unspecified atom stereocenters. The molecule has 188 valence electrons. The number of benzene rings is 2. The lowest BCUT2D eigenvalue weighted by atomic mass is 10.2. The van der Waals surface area contributed by atoms with Crippen molar-refractivity contribution in [1.82, 2.24) is 14.5 Å². The summed E-state index contributed by atoms with van der Waals surface area (Å²) in [6.07, 6.45) is -3.93. The first-order valence-corrected chi connectivity index (χ1v) is 13.5. The van der Waals surface area contributed by atoms with Crippen LogP contribution in [0.3, 0.4) is 0 Å². The van der Waals surface area contributed by atoms with Crippen LogP contribution in [0.2, 0.25) is 0 Å². The number of para-hydroxylation sites is 1. The minimum atomic E-state index is -4.54. The van der Waals surface area contributed by atoms with Gasteiger partial charge in [0.25, 0.3) is 5.56 Å². The molecule has 1 saturated heterocycles. The minimum Gasteiger partial charge on any atom is -0.368 e. The van der Waals surface area contributed by atoms with Crippen LogP contribution in [0.25, 0.3) is 5.69 Å². The molecule has 2 aliphatic rings. The third kappa shape index (κ3) is 5.12. The molecule has 1 fully saturated rings. The molecule has 3 heterocycles. The van der Waals surface area contributed by atoms with Gasteiger partial charge in [-0.2, -0.15) is 13.2 Å². The summed E-state index contributed by atoms with van der Waals surface area (Å²) in [6, 6.07) is 14.7. The highest BCUT2D eigenvalue weighted by atomic mass is 32.2. The number of rotatable bonds is 5. The first kappa shape index (κ1) is 24.8. The molecule has 2 aliphatic heterocycles. The zero-order valence-electron chi connectivity index (χ0n) is 19.2. The van der Waals surface area contributed by atoms with Crippen LogP contribution in [0.4, 0.5) is 18.9 Å².